The fourth-order valence-electron chi connectivity index (χ4n) is 3.88. The van der Waals surface area contributed by atoms with Crippen LogP contribution in [0.4, 0.5) is 28.0 Å². The minimum Gasteiger partial charge on any atom is -0.453 e. The lowest BCUT2D eigenvalue weighted by atomic mass is 10.0. The first-order valence-corrected chi connectivity index (χ1v) is 10.9. The molecule has 14 heteroatoms. The Morgan fingerprint density at radius 1 is 1.22 bits per heavy atom. The zero-order valence-electron chi connectivity index (χ0n) is 19.3. The first-order chi connectivity index (χ1) is 17.5. The third-order valence-corrected chi connectivity index (χ3v) is 6.03. The number of methoxy groups -OCH3 is 1. The number of fused-ring (bicyclic) bond motifs is 1. The molecule has 1 aromatic carbocycles. The number of alkyl halides is 3. The number of likely N-dealkylation sites (tertiary alicyclic amines) is 1. The van der Waals surface area contributed by atoms with Gasteiger partial charge in [0.15, 0.2) is 0 Å². The predicted molar refractivity (Wildman–Crippen MR) is 119 cm³/mol. The van der Waals surface area contributed by atoms with E-state index in [2.05, 4.69) is 25.2 Å². The topological polar surface area (TPSA) is 115 Å². The number of benzene rings is 1. The number of anilines is 1. The van der Waals surface area contributed by atoms with Crippen LogP contribution in [0.15, 0.2) is 41.2 Å². The van der Waals surface area contributed by atoms with E-state index in [0.29, 0.717) is 13.1 Å². The Hall–Kier alpha value is -4.49. The standard InChI is InChI=1S/C23H18F4N6O4/c1-11-15(24)5-12(19-30-21(37-31-19)13-9-32(10-13)22(35)36-2)6-16(11)29-20(34)17-8-28-18-7-14(23(25,26)27)3-4-33(17)18/h3-8,13H,9-10H2,1-2H3,(H,29,34). The summed E-state index contributed by atoms with van der Waals surface area (Å²) in [4.78, 5) is 34.1. The number of amides is 2. The van der Waals surface area contributed by atoms with Crippen LogP contribution in [-0.2, 0) is 10.9 Å². The Balaban J connectivity index is 1.37. The van der Waals surface area contributed by atoms with Crippen molar-refractivity contribution in [2.24, 2.45) is 0 Å². The van der Waals surface area contributed by atoms with E-state index in [1.54, 1.807) is 0 Å². The summed E-state index contributed by atoms with van der Waals surface area (Å²) in [6.45, 7) is 2.12. The van der Waals surface area contributed by atoms with Gasteiger partial charge in [0.1, 0.15) is 17.2 Å². The van der Waals surface area contributed by atoms with Crippen LogP contribution in [0.2, 0.25) is 0 Å². The number of ether oxygens (including phenoxy) is 1. The van der Waals surface area contributed by atoms with E-state index in [0.717, 1.165) is 24.5 Å². The van der Waals surface area contributed by atoms with Crippen molar-refractivity contribution in [3.05, 3.63) is 65.2 Å². The Bertz CT molecular complexity index is 1520. The third kappa shape index (κ3) is 4.45. The highest BCUT2D eigenvalue weighted by molar-refractivity contribution is 6.04. The monoisotopic (exact) mass is 518 g/mol. The largest absolute Gasteiger partial charge is 0.453 e. The number of imidazole rings is 1. The lowest BCUT2D eigenvalue weighted by Gasteiger charge is -2.35. The average molecular weight is 518 g/mol. The number of hydrogen-bond acceptors (Lipinski definition) is 7. The van der Waals surface area contributed by atoms with Crippen molar-refractivity contribution in [3.8, 4) is 11.4 Å². The molecule has 0 unspecified atom stereocenters. The average Bonchev–Trinajstić information content (AvgIpc) is 3.47. The van der Waals surface area contributed by atoms with Crippen molar-refractivity contribution in [2.75, 3.05) is 25.5 Å². The number of nitrogens with zero attached hydrogens (tertiary/aromatic N) is 5. The minimum absolute atomic E-state index is 0.0454. The molecule has 1 aliphatic heterocycles. The van der Waals surface area contributed by atoms with Crippen LogP contribution in [0.25, 0.3) is 17.0 Å². The van der Waals surface area contributed by atoms with Crippen LogP contribution < -0.4 is 5.32 Å². The van der Waals surface area contributed by atoms with Crippen molar-refractivity contribution >= 4 is 23.3 Å². The molecule has 37 heavy (non-hydrogen) atoms. The second-order valence-electron chi connectivity index (χ2n) is 8.40. The molecule has 1 aliphatic rings. The molecule has 4 heterocycles. The molecule has 0 aliphatic carbocycles. The van der Waals surface area contributed by atoms with E-state index in [9.17, 15) is 27.2 Å². The molecular formula is C23H18F4N6O4. The highest BCUT2D eigenvalue weighted by Crippen LogP contribution is 2.32. The fraction of sp³-hybridized carbons (Fsp3) is 0.261. The van der Waals surface area contributed by atoms with E-state index in [1.807, 2.05) is 0 Å². The maximum Gasteiger partial charge on any atom is 0.416 e. The number of carbonyl (C=O) groups excluding carboxylic acids is 2. The van der Waals surface area contributed by atoms with E-state index in [4.69, 9.17) is 4.52 Å². The van der Waals surface area contributed by atoms with Crippen LogP contribution in [0.3, 0.4) is 0 Å². The van der Waals surface area contributed by atoms with Gasteiger partial charge >= 0.3 is 12.3 Å². The number of carbonyl (C=O) groups is 2. The predicted octanol–water partition coefficient (Wildman–Crippen LogP) is 4.27. The van der Waals surface area contributed by atoms with Gasteiger partial charge in [-0.05, 0) is 31.2 Å². The maximum atomic E-state index is 14.7. The molecule has 0 radical (unpaired) electrons. The molecule has 10 nitrogen and oxygen atoms in total. The second-order valence-corrected chi connectivity index (χ2v) is 8.40. The van der Waals surface area contributed by atoms with Crippen molar-refractivity contribution in [1.82, 2.24) is 24.4 Å². The summed E-state index contributed by atoms with van der Waals surface area (Å²) < 4.78 is 64.8. The van der Waals surface area contributed by atoms with Crippen LogP contribution in [-0.4, -0.2) is 56.6 Å². The zero-order chi connectivity index (χ0) is 26.5. The lowest BCUT2D eigenvalue weighted by Crippen LogP contribution is -2.48. The van der Waals surface area contributed by atoms with Crippen LogP contribution in [0.5, 0.6) is 0 Å². The van der Waals surface area contributed by atoms with E-state index >= 15 is 0 Å². The highest BCUT2D eigenvalue weighted by atomic mass is 19.4. The van der Waals surface area contributed by atoms with Gasteiger partial charge in [-0.3, -0.25) is 9.20 Å². The summed E-state index contributed by atoms with van der Waals surface area (Å²) in [5, 5.41) is 6.45. The summed E-state index contributed by atoms with van der Waals surface area (Å²) in [5.41, 5.74) is -0.558. The number of aromatic nitrogens is 4. The molecule has 0 saturated carbocycles. The lowest BCUT2D eigenvalue weighted by molar-refractivity contribution is -0.137. The summed E-state index contributed by atoms with van der Waals surface area (Å²) in [5.74, 6) is -1.20. The molecule has 1 fully saturated rings. The van der Waals surface area contributed by atoms with Gasteiger partial charge < -0.3 is 19.5 Å². The Kier molecular flexibility index (Phi) is 5.80. The summed E-state index contributed by atoms with van der Waals surface area (Å²) in [6.07, 6.45) is -2.81. The maximum absolute atomic E-state index is 14.7. The second kappa shape index (κ2) is 8.87. The van der Waals surface area contributed by atoms with E-state index < -0.39 is 29.6 Å². The molecule has 0 bridgehead atoms. The van der Waals surface area contributed by atoms with Crippen molar-refractivity contribution in [1.29, 1.82) is 0 Å². The molecule has 5 rings (SSSR count). The SMILES string of the molecule is COC(=O)N1CC(c2nc(-c3cc(F)c(C)c(NC(=O)c4cnc5cc(C(F)(F)F)ccn45)c3)no2)C1. The van der Waals surface area contributed by atoms with Gasteiger partial charge in [0.2, 0.25) is 11.7 Å². The third-order valence-electron chi connectivity index (χ3n) is 6.03. The molecule has 4 aromatic rings. The van der Waals surface area contributed by atoms with Crippen LogP contribution in [0.1, 0.15) is 33.4 Å². The Morgan fingerprint density at radius 3 is 2.68 bits per heavy atom. The zero-order valence-corrected chi connectivity index (χ0v) is 19.3. The van der Waals surface area contributed by atoms with Crippen molar-refractivity contribution < 1.29 is 36.4 Å². The van der Waals surface area contributed by atoms with E-state index in [-0.39, 0.29) is 45.8 Å². The minimum atomic E-state index is -4.56. The summed E-state index contributed by atoms with van der Waals surface area (Å²) in [7, 11) is 1.28. The molecule has 3 aromatic heterocycles. The van der Waals surface area contributed by atoms with Crippen LogP contribution in [0, 0.1) is 12.7 Å². The first-order valence-electron chi connectivity index (χ1n) is 10.9. The van der Waals surface area contributed by atoms with Gasteiger partial charge in [-0.25, -0.2) is 14.2 Å². The van der Waals surface area contributed by atoms with Gasteiger partial charge in [0.25, 0.3) is 5.91 Å². The molecule has 0 atom stereocenters. The Labute approximate surface area is 205 Å². The molecular weight excluding hydrogens is 500 g/mol. The van der Waals surface area contributed by atoms with Crippen molar-refractivity contribution in [2.45, 2.75) is 19.0 Å². The molecule has 2 amide bonds. The number of pyridine rings is 1. The van der Waals surface area contributed by atoms with Gasteiger partial charge in [0.05, 0.1) is 24.8 Å². The first kappa shape index (κ1) is 24.2. The van der Waals surface area contributed by atoms with Gasteiger partial charge in [-0.15, -0.1) is 0 Å². The van der Waals surface area contributed by atoms with Gasteiger partial charge in [0, 0.05) is 36.1 Å². The van der Waals surface area contributed by atoms with Gasteiger partial charge in [-0.1, -0.05) is 5.16 Å². The summed E-state index contributed by atoms with van der Waals surface area (Å²) >= 11 is 0. The summed E-state index contributed by atoms with van der Waals surface area (Å²) in [6, 6.07) is 4.30. The quantitative estimate of drug-likeness (QED) is 0.401. The smallest absolute Gasteiger partial charge is 0.416 e. The Morgan fingerprint density at radius 2 is 1.97 bits per heavy atom. The van der Waals surface area contributed by atoms with E-state index in [1.165, 1.54) is 35.5 Å². The molecule has 192 valence electrons. The fourth-order valence-corrected chi connectivity index (χ4v) is 3.88. The highest BCUT2D eigenvalue weighted by Gasteiger charge is 2.36. The number of nitrogens with one attached hydrogen (secondary N) is 1. The van der Waals surface area contributed by atoms with Crippen LogP contribution >= 0.6 is 0 Å². The number of rotatable bonds is 4. The number of halogens is 4. The van der Waals surface area contributed by atoms with Gasteiger partial charge in [-0.2, -0.15) is 18.2 Å². The molecule has 1 N–H and O–H groups in total. The number of hydrogen-bond donors (Lipinski definition) is 1. The molecule has 0 spiro atoms. The molecule has 1 saturated heterocycles. The normalized spacial score (nSPS) is 14.1. The van der Waals surface area contributed by atoms with Crippen molar-refractivity contribution in [3.63, 3.8) is 0 Å².